The van der Waals surface area contributed by atoms with Gasteiger partial charge in [-0.05, 0) is 27.7 Å². The van der Waals surface area contributed by atoms with Crippen molar-refractivity contribution in [2.24, 2.45) is 0 Å². The number of hydrogen-bond acceptors (Lipinski definition) is 5. The minimum absolute atomic E-state index is 0.0924. The van der Waals surface area contributed by atoms with E-state index in [1.54, 1.807) is 20.8 Å². The maximum absolute atomic E-state index is 12.8. The number of carbonyl (C=O) groups is 2. The molecule has 0 spiro atoms. The van der Waals surface area contributed by atoms with Gasteiger partial charge in [-0.25, -0.2) is 14.5 Å². The number of rotatable bonds is 6. The number of aryl methyl sites for hydroxylation is 2. The van der Waals surface area contributed by atoms with Crippen molar-refractivity contribution in [2.45, 2.75) is 46.7 Å². The minimum Gasteiger partial charge on any atom is -0.477 e. The Morgan fingerprint density at radius 2 is 1.92 bits per heavy atom. The van der Waals surface area contributed by atoms with Gasteiger partial charge in [-0.15, -0.1) is 11.3 Å². The van der Waals surface area contributed by atoms with Crippen LogP contribution in [0.1, 0.15) is 56.8 Å². The number of alkyl halides is 2. The summed E-state index contributed by atoms with van der Waals surface area (Å²) < 4.78 is 26.3. The quantitative estimate of drug-likeness (QED) is 0.813. The summed E-state index contributed by atoms with van der Waals surface area (Å²) in [5.41, 5.74) is 1.46. The molecule has 7 nitrogen and oxygen atoms in total. The van der Waals surface area contributed by atoms with E-state index in [2.05, 4.69) is 15.4 Å². The molecule has 0 aliphatic heterocycles. The number of nitrogens with zero attached hydrogens (tertiary/aromatic N) is 3. The lowest BCUT2D eigenvalue weighted by atomic mass is 10.1. The molecule has 2 aromatic heterocycles. The number of thiazole rings is 1. The van der Waals surface area contributed by atoms with Crippen LogP contribution in [0.4, 0.5) is 8.78 Å². The smallest absolute Gasteiger partial charge is 0.347 e. The zero-order valence-electron chi connectivity index (χ0n) is 14.1. The number of aromatic nitrogens is 3. The van der Waals surface area contributed by atoms with Gasteiger partial charge in [-0.1, -0.05) is 0 Å². The molecule has 25 heavy (non-hydrogen) atoms. The van der Waals surface area contributed by atoms with Gasteiger partial charge in [0.15, 0.2) is 0 Å². The average molecular weight is 372 g/mol. The van der Waals surface area contributed by atoms with Crippen LogP contribution in [0.5, 0.6) is 0 Å². The van der Waals surface area contributed by atoms with Gasteiger partial charge in [0.25, 0.3) is 0 Å². The van der Waals surface area contributed by atoms with Crippen molar-refractivity contribution in [2.75, 3.05) is 0 Å². The SMILES string of the molecule is Cc1nc(C(C)NC(=O)Cc2c(C)nn(C(F)F)c2C)sc1C(=O)O. The minimum atomic E-state index is -2.76. The number of carboxylic acid groups (broad SMARTS) is 1. The lowest BCUT2D eigenvalue weighted by Gasteiger charge is -2.11. The Morgan fingerprint density at radius 1 is 1.28 bits per heavy atom. The van der Waals surface area contributed by atoms with Gasteiger partial charge in [0.2, 0.25) is 5.91 Å². The summed E-state index contributed by atoms with van der Waals surface area (Å²) in [4.78, 5) is 27.6. The normalized spacial score (nSPS) is 12.4. The van der Waals surface area contributed by atoms with Crippen LogP contribution in [-0.2, 0) is 11.2 Å². The molecule has 0 aliphatic rings. The van der Waals surface area contributed by atoms with Crippen LogP contribution in [0.2, 0.25) is 0 Å². The maximum atomic E-state index is 12.8. The zero-order valence-corrected chi connectivity index (χ0v) is 14.9. The highest BCUT2D eigenvalue weighted by Crippen LogP contribution is 2.24. The van der Waals surface area contributed by atoms with Crippen LogP contribution in [0.3, 0.4) is 0 Å². The van der Waals surface area contributed by atoms with Crippen molar-refractivity contribution in [3.63, 3.8) is 0 Å². The number of amides is 1. The molecule has 0 aromatic carbocycles. The summed E-state index contributed by atoms with van der Waals surface area (Å²) in [5, 5.41) is 16.0. The Hall–Kier alpha value is -2.36. The lowest BCUT2D eigenvalue weighted by Crippen LogP contribution is -2.28. The van der Waals surface area contributed by atoms with Crippen LogP contribution in [0.15, 0.2) is 0 Å². The van der Waals surface area contributed by atoms with Crippen LogP contribution >= 0.6 is 11.3 Å². The van der Waals surface area contributed by atoms with Crippen LogP contribution in [0, 0.1) is 20.8 Å². The molecule has 0 aliphatic carbocycles. The third-order valence-electron chi connectivity index (χ3n) is 3.75. The molecule has 0 saturated heterocycles. The zero-order chi connectivity index (χ0) is 18.9. The first kappa shape index (κ1) is 19.0. The maximum Gasteiger partial charge on any atom is 0.347 e. The molecule has 10 heteroatoms. The summed E-state index contributed by atoms with van der Waals surface area (Å²) in [5.74, 6) is -1.44. The van der Waals surface area contributed by atoms with Crippen LogP contribution < -0.4 is 5.32 Å². The standard InChI is InChI=1S/C15H18F2N4O3S/c1-6-10(9(4)21(20-6)15(16)17)5-11(22)18-8(3)13-19-7(2)12(25-13)14(23)24/h8,15H,5H2,1-4H3,(H,18,22)(H,23,24). The number of carboxylic acids is 1. The molecule has 0 bridgehead atoms. The number of aromatic carboxylic acids is 1. The molecule has 2 N–H and O–H groups in total. The van der Waals surface area contributed by atoms with E-state index in [-0.39, 0.29) is 22.9 Å². The predicted molar refractivity (Wildman–Crippen MR) is 87.0 cm³/mol. The summed E-state index contributed by atoms with van der Waals surface area (Å²) in [6.45, 7) is 3.57. The number of hydrogen-bond donors (Lipinski definition) is 2. The number of halogens is 2. The lowest BCUT2D eigenvalue weighted by molar-refractivity contribution is -0.121. The van der Waals surface area contributed by atoms with Gasteiger partial charge in [0.1, 0.15) is 9.88 Å². The molecule has 0 saturated carbocycles. The fourth-order valence-corrected chi connectivity index (χ4v) is 3.37. The second kappa shape index (κ2) is 7.26. The summed E-state index contributed by atoms with van der Waals surface area (Å²) >= 11 is 0.997. The predicted octanol–water partition coefficient (Wildman–Crippen LogP) is 2.78. The Labute approximate surface area is 146 Å². The number of nitrogens with one attached hydrogen (secondary N) is 1. The van der Waals surface area contributed by atoms with E-state index >= 15 is 0 Å². The third kappa shape index (κ3) is 4.01. The van der Waals surface area contributed by atoms with E-state index in [1.807, 2.05) is 0 Å². The van der Waals surface area contributed by atoms with Crippen molar-refractivity contribution in [1.82, 2.24) is 20.1 Å². The highest BCUT2D eigenvalue weighted by molar-refractivity contribution is 7.13. The van der Waals surface area contributed by atoms with Gasteiger partial charge in [-0.3, -0.25) is 4.79 Å². The van der Waals surface area contributed by atoms with Crippen molar-refractivity contribution >= 4 is 23.2 Å². The van der Waals surface area contributed by atoms with Crippen LogP contribution in [-0.4, -0.2) is 31.7 Å². The molecular weight excluding hydrogens is 354 g/mol. The number of carbonyl (C=O) groups excluding carboxylic acids is 1. The van der Waals surface area contributed by atoms with Gasteiger partial charge < -0.3 is 10.4 Å². The Bertz CT molecular complexity index is 816. The van der Waals surface area contributed by atoms with Gasteiger partial charge >= 0.3 is 12.5 Å². The molecule has 1 atom stereocenters. The average Bonchev–Trinajstić information content (AvgIpc) is 3.02. The van der Waals surface area contributed by atoms with Crippen LogP contribution in [0.25, 0.3) is 0 Å². The summed E-state index contributed by atoms with van der Waals surface area (Å²) in [6, 6.07) is -0.491. The Morgan fingerprint density at radius 3 is 2.40 bits per heavy atom. The first-order valence-electron chi connectivity index (χ1n) is 7.44. The van der Waals surface area contributed by atoms with Crippen molar-refractivity contribution < 1.29 is 23.5 Å². The first-order valence-corrected chi connectivity index (χ1v) is 8.26. The molecule has 2 rings (SSSR count). The molecule has 2 heterocycles. The highest BCUT2D eigenvalue weighted by Gasteiger charge is 2.22. The first-order chi connectivity index (χ1) is 11.6. The fraction of sp³-hybridized carbons (Fsp3) is 0.467. The largest absolute Gasteiger partial charge is 0.477 e. The van der Waals surface area contributed by atoms with E-state index in [0.29, 0.717) is 26.6 Å². The molecule has 136 valence electrons. The highest BCUT2D eigenvalue weighted by atomic mass is 32.1. The topological polar surface area (TPSA) is 97.1 Å². The fourth-order valence-electron chi connectivity index (χ4n) is 2.46. The van der Waals surface area contributed by atoms with E-state index in [1.165, 1.54) is 6.92 Å². The summed E-state index contributed by atoms with van der Waals surface area (Å²) in [7, 11) is 0. The van der Waals surface area contributed by atoms with E-state index < -0.39 is 18.6 Å². The molecular formula is C15H18F2N4O3S. The second-order valence-corrected chi connectivity index (χ2v) is 6.64. The van der Waals surface area contributed by atoms with Crippen molar-refractivity contribution in [3.8, 4) is 0 Å². The van der Waals surface area contributed by atoms with E-state index in [9.17, 15) is 18.4 Å². The van der Waals surface area contributed by atoms with Gasteiger partial charge in [0, 0.05) is 11.3 Å². The van der Waals surface area contributed by atoms with E-state index in [4.69, 9.17) is 5.11 Å². The monoisotopic (exact) mass is 372 g/mol. The second-order valence-electron chi connectivity index (χ2n) is 5.61. The Balaban J connectivity index is 2.10. The third-order valence-corrected chi connectivity index (χ3v) is 5.08. The van der Waals surface area contributed by atoms with Gasteiger partial charge in [-0.2, -0.15) is 13.9 Å². The van der Waals surface area contributed by atoms with E-state index in [0.717, 1.165) is 11.3 Å². The van der Waals surface area contributed by atoms with Gasteiger partial charge in [0.05, 0.1) is 23.9 Å². The molecule has 1 unspecified atom stereocenters. The Kier molecular flexibility index (Phi) is 5.51. The molecule has 0 fully saturated rings. The summed E-state index contributed by atoms with van der Waals surface area (Å²) in [6.07, 6.45) is -0.0924. The molecule has 2 aromatic rings. The molecule has 0 radical (unpaired) electrons. The van der Waals surface area contributed by atoms with Crippen molar-refractivity contribution in [1.29, 1.82) is 0 Å². The molecule has 1 amide bonds. The van der Waals surface area contributed by atoms with Crippen molar-refractivity contribution in [3.05, 3.63) is 32.5 Å².